The number of methoxy groups -OCH3 is 2. The largest absolute Gasteiger partial charge is 0.497 e. The van der Waals surface area contributed by atoms with Gasteiger partial charge >= 0.3 is 0 Å². The van der Waals surface area contributed by atoms with Crippen molar-refractivity contribution in [3.63, 3.8) is 0 Å². The molecule has 0 saturated heterocycles. The van der Waals surface area contributed by atoms with Gasteiger partial charge in [-0.2, -0.15) is 0 Å². The van der Waals surface area contributed by atoms with Gasteiger partial charge in [0.15, 0.2) is 0 Å². The molecule has 0 fully saturated rings. The number of anilines is 1. The maximum atomic E-state index is 12.2. The number of halogens is 2. The highest BCUT2D eigenvalue weighted by atomic mass is 35.5. The van der Waals surface area contributed by atoms with Crippen molar-refractivity contribution in [2.24, 2.45) is 0 Å². The number of ether oxygens (including phenoxy) is 2. The highest BCUT2D eigenvalue weighted by Gasteiger charge is 2.13. The van der Waals surface area contributed by atoms with Crippen molar-refractivity contribution in [1.82, 2.24) is 5.32 Å². The van der Waals surface area contributed by atoms with E-state index in [1.807, 2.05) is 0 Å². The Morgan fingerprint density at radius 2 is 1.68 bits per heavy atom. The topological polar surface area (TPSA) is 76.7 Å². The lowest BCUT2D eigenvalue weighted by Gasteiger charge is -2.10. The zero-order valence-corrected chi connectivity index (χ0v) is 15.1. The van der Waals surface area contributed by atoms with Gasteiger partial charge in [0.1, 0.15) is 11.5 Å². The quantitative estimate of drug-likeness (QED) is 0.802. The van der Waals surface area contributed by atoms with Gasteiger partial charge in [0.25, 0.3) is 5.91 Å². The van der Waals surface area contributed by atoms with Crippen LogP contribution in [0.5, 0.6) is 11.5 Å². The molecule has 2 amide bonds. The van der Waals surface area contributed by atoms with Crippen LogP contribution < -0.4 is 20.1 Å². The summed E-state index contributed by atoms with van der Waals surface area (Å²) in [5, 5.41) is 5.66. The predicted molar refractivity (Wildman–Crippen MR) is 97.0 cm³/mol. The number of hydrogen-bond donors (Lipinski definition) is 2. The molecular formula is C17H16Cl2N2O4. The molecule has 25 heavy (non-hydrogen) atoms. The first kappa shape index (κ1) is 18.9. The Balaban J connectivity index is 2.00. The average molecular weight is 383 g/mol. The molecule has 0 aliphatic carbocycles. The highest BCUT2D eigenvalue weighted by molar-refractivity contribution is 6.44. The van der Waals surface area contributed by atoms with Gasteiger partial charge in [0.05, 0.1) is 36.5 Å². The number of rotatable bonds is 6. The van der Waals surface area contributed by atoms with Crippen molar-refractivity contribution in [3.8, 4) is 11.5 Å². The summed E-state index contributed by atoms with van der Waals surface area (Å²) < 4.78 is 10.2. The molecule has 6 nitrogen and oxygen atoms in total. The second-order valence-corrected chi connectivity index (χ2v) is 5.72. The van der Waals surface area contributed by atoms with Gasteiger partial charge < -0.3 is 20.1 Å². The Hall–Kier alpha value is -2.44. The summed E-state index contributed by atoms with van der Waals surface area (Å²) in [6.07, 6.45) is 0. The minimum atomic E-state index is -0.440. The van der Waals surface area contributed by atoms with E-state index in [0.717, 1.165) is 0 Å². The van der Waals surface area contributed by atoms with Crippen LogP contribution in [-0.4, -0.2) is 32.6 Å². The molecule has 0 bridgehead atoms. The smallest absolute Gasteiger partial charge is 0.251 e. The standard InChI is InChI=1S/C17H16Cl2N2O4/c1-24-11-6-10(7-12(8-11)25-2)17(23)20-9-15(22)21-14-5-3-4-13(18)16(14)19/h3-8H,9H2,1-2H3,(H,20,23)(H,21,22). The maximum absolute atomic E-state index is 12.2. The lowest BCUT2D eigenvalue weighted by Crippen LogP contribution is -2.32. The molecule has 0 atom stereocenters. The van der Waals surface area contributed by atoms with Crippen LogP contribution in [-0.2, 0) is 4.79 Å². The molecule has 2 rings (SSSR count). The first-order valence-corrected chi connectivity index (χ1v) is 7.95. The monoisotopic (exact) mass is 382 g/mol. The lowest BCUT2D eigenvalue weighted by atomic mass is 10.2. The lowest BCUT2D eigenvalue weighted by molar-refractivity contribution is -0.115. The van der Waals surface area contributed by atoms with E-state index >= 15 is 0 Å². The fourth-order valence-corrected chi connectivity index (χ4v) is 2.34. The fourth-order valence-electron chi connectivity index (χ4n) is 2.00. The van der Waals surface area contributed by atoms with E-state index < -0.39 is 11.8 Å². The first-order valence-electron chi connectivity index (χ1n) is 7.19. The molecule has 0 saturated carbocycles. The zero-order chi connectivity index (χ0) is 18.4. The van der Waals surface area contributed by atoms with Crippen LogP contribution in [0.3, 0.4) is 0 Å². The first-order chi connectivity index (χ1) is 11.9. The van der Waals surface area contributed by atoms with Crippen LogP contribution in [0.4, 0.5) is 5.69 Å². The molecule has 0 unspecified atom stereocenters. The van der Waals surface area contributed by atoms with E-state index in [2.05, 4.69) is 10.6 Å². The second-order valence-electron chi connectivity index (χ2n) is 4.93. The number of amides is 2. The number of carbonyl (C=O) groups is 2. The zero-order valence-electron chi connectivity index (χ0n) is 13.6. The summed E-state index contributed by atoms with van der Waals surface area (Å²) in [5.41, 5.74) is 0.682. The van der Waals surface area contributed by atoms with Gasteiger partial charge in [0.2, 0.25) is 5.91 Å². The number of carbonyl (C=O) groups excluding carboxylic acids is 2. The Bertz CT molecular complexity index is 774. The summed E-state index contributed by atoms with van der Waals surface area (Å²) in [6.45, 7) is -0.235. The van der Waals surface area contributed by atoms with E-state index in [9.17, 15) is 9.59 Å². The van der Waals surface area contributed by atoms with E-state index in [-0.39, 0.29) is 11.6 Å². The van der Waals surface area contributed by atoms with Crippen LogP contribution in [0.2, 0.25) is 10.0 Å². The van der Waals surface area contributed by atoms with Crippen molar-refractivity contribution in [1.29, 1.82) is 0 Å². The molecule has 0 aromatic heterocycles. The summed E-state index contributed by atoms with van der Waals surface area (Å²) in [5.74, 6) is 0.0660. The molecule has 0 heterocycles. The second kappa shape index (κ2) is 8.60. The molecule has 8 heteroatoms. The Morgan fingerprint density at radius 3 is 2.28 bits per heavy atom. The molecule has 132 valence electrons. The van der Waals surface area contributed by atoms with Gasteiger partial charge in [-0.1, -0.05) is 29.3 Å². The van der Waals surface area contributed by atoms with Crippen LogP contribution >= 0.6 is 23.2 Å². The van der Waals surface area contributed by atoms with Gasteiger partial charge in [0, 0.05) is 11.6 Å². The van der Waals surface area contributed by atoms with E-state index in [1.54, 1.807) is 36.4 Å². The Labute approximate surface area is 155 Å². The number of nitrogens with one attached hydrogen (secondary N) is 2. The third kappa shape index (κ3) is 5.01. The Morgan fingerprint density at radius 1 is 1.04 bits per heavy atom. The number of hydrogen-bond acceptors (Lipinski definition) is 4. The summed E-state index contributed by atoms with van der Waals surface area (Å²) in [6, 6.07) is 9.61. The molecule has 2 aromatic carbocycles. The van der Waals surface area contributed by atoms with Crippen LogP contribution in [0.25, 0.3) is 0 Å². The van der Waals surface area contributed by atoms with Crippen LogP contribution in [0.15, 0.2) is 36.4 Å². The van der Waals surface area contributed by atoms with Crippen molar-refractivity contribution >= 4 is 40.7 Å². The van der Waals surface area contributed by atoms with Crippen molar-refractivity contribution in [3.05, 3.63) is 52.0 Å². The third-order valence-corrected chi connectivity index (χ3v) is 4.07. The SMILES string of the molecule is COc1cc(OC)cc(C(=O)NCC(=O)Nc2cccc(Cl)c2Cl)c1. The number of benzene rings is 2. The average Bonchev–Trinajstić information content (AvgIpc) is 2.63. The van der Waals surface area contributed by atoms with Crippen molar-refractivity contribution in [2.75, 3.05) is 26.1 Å². The van der Waals surface area contributed by atoms with Crippen LogP contribution in [0.1, 0.15) is 10.4 Å². The van der Waals surface area contributed by atoms with Crippen molar-refractivity contribution < 1.29 is 19.1 Å². The predicted octanol–water partition coefficient (Wildman–Crippen LogP) is 3.38. The summed E-state index contributed by atoms with van der Waals surface area (Å²) in [7, 11) is 2.97. The molecule has 0 aliphatic heterocycles. The normalized spacial score (nSPS) is 10.1. The summed E-state index contributed by atoms with van der Waals surface area (Å²) >= 11 is 11.9. The van der Waals surface area contributed by atoms with Gasteiger partial charge in [-0.05, 0) is 24.3 Å². The molecular weight excluding hydrogens is 367 g/mol. The van der Waals surface area contributed by atoms with Gasteiger partial charge in [-0.25, -0.2) is 0 Å². The molecule has 2 N–H and O–H groups in total. The highest BCUT2D eigenvalue weighted by Crippen LogP contribution is 2.29. The fraction of sp³-hybridized carbons (Fsp3) is 0.176. The molecule has 0 aliphatic rings. The van der Waals surface area contributed by atoms with E-state index in [0.29, 0.717) is 27.8 Å². The maximum Gasteiger partial charge on any atom is 0.251 e. The van der Waals surface area contributed by atoms with E-state index in [1.165, 1.54) is 14.2 Å². The van der Waals surface area contributed by atoms with Gasteiger partial charge in [-0.15, -0.1) is 0 Å². The Kier molecular flexibility index (Phi) is 6.50. The van der Waals surface area contributed by atoms with Crippen LogP contribution in [0, 0.1) is 0 Å². The molecule has 0 spiro atoms. The molecule has 0 radical (unpaired) electrons. The summed E-state index contributed by atoms with van der Waals surface area (Å²) in [4.78, 5) is 24.2. The van der Waals surface area contributed by atoms with Crippen molar-refractivity contribution in [2.45, 2.75) is 0 Å². The van der Waals surface area contributed by atoms with Gasteiger partial charge in [-0.3, -0.25) is 9.59 Å². The van der Waals surface area contributed by atoms with E-state index in [4.69, 9.17) is 32.7 Å². The molecule has 2 aromatic rings. The minimum Gasteiger partial charge on any atom is -0.497 e. The minimum absolute atomic E-state index is 0.235. The third-order valence-electron chi connectivity index (χ3n) is 3.25.